The minimum absolute atomic E-state index is 0. The highest BCUT2D eigenvalue weighted by molar-refractivity contribution is 5.85. The number of nitrogens with two attached hydrogens (primary N) is 1. The molecule has 2 atom stereocenters. The van der Waals surface area contributed by atoms with Crippen molar-refractivity contribution in [2.45, 2.75) is 12.5 Å². The molecule has 1 heterocycles. The second-order valence-corrected chi connectivity index (χ2v) is 4.62. The monoisotopic (exact) mass is 288 g/mol. The summed E-state index contributed by atoms with van der Waals surface area (Å²) >= 11 is 0. The maximum absolute atomic E-state index is 12.9. The first-order valence-corrected chi connectivity index (χ1v) is 6.04. The van der Waals surface area contributed by atoms with E-state index in [0.29, 0.717) is 19.5 Å². The lowest BCUT2D eigenvalue weighted by atomic mass is 10.1. The van der Waals surface area contributed by atoms with Gasteiger partial charge in [0, 0.05) is 19.1 Å². The van der Waals surface area contributed by atoms with Gasteiger partial charge in [0.05, 0.1) is 5.92 Å². The van der Waals surface area contributed by atoms with Crippen molar-refractivity contribution >= 4 is 18.4 Å². The summed E-state index contributed by atoms with van der Waals surface area (Å²) in [6, 6.07) is 6.20. The smallest absolute Gasteiger partial charge is 0.307 e. The van der Waals surface area contributed by atoms with Crippen LogP contribution in [0.2, 0.25) is 0 Å². The largest absolute Gasteiger partial charge is 0.481 e. The molecule has 2 rings (SSSR count). The van der Waals surface area contributed by atoms with Gasteiger partial charge in [0.1, 0.15) is 5.82 Å². The summed E-state index contributed by atoms with van der Waals surface area (Å²) in [5.41, 5.74) is 6.70. The van der Waals surface area contributed by atoms with E-state index in [1.54, 1.807) is 12.1 Å². The lowest BCUT2D eigenvalue weighted by Gasteiger charge is -2.26. The average molecular weight is 289 g/mol. The molecule has 0 spiro atoms. The third kappa shape index (κ3) is 3.65. The number of carboxylic acid groups (broad SMARTS) is 1. The number of aliphatic carboxylic acids is 1. The standard InChI is InChI=1S/C13H17FN2O2.ClH/c14-11-3-1-9(2-4-11)12(7-15)16-6-5-10(8-16)13(17)18;/h1-4,10,12H,5-8,15H2,(H,17,18);1H. The van der Waals surface area contributed by atoms with E-state index in [-0.39, 0.29) is 30.2 Å². The van der Waals surface area contributed by atoms with E-state index in [2.05, 4.69) is 4.90 Å². The Labute approximate surface area is 117 Å². The molecule has 1 aliphatic heterocycles. The van der Waals surface area contributed by atoms with Crippen LogP contribution in [0.5, 0.6) is 0 Å². The molecule has 4 nitrogen and oxygen atoms in total. The first-order chi connectivity index (χ1) is 8.61. The summed E-state index contributed by atoms with van der Waals surface area (Å²) in [5, 5.41) is 8.98. The molecule has 0 amide bonds. The highest BCUT2D eigenvalue weighted by Gasteiger charge is 2.32. The summed E-state index contributed by atoms with van der Waals surface area (Å²) in [5.74, 6) is -1.36. The van der Waals surface area contributed by atoms with Gasteiger partial charge >= 0.3 is 5.97 Å². The average Bonchev–Trinajstić information content (AvgIpc) is 2.82. The molecule has 1 aliphatic rings. The van der Waals surface area contributed by atoms with Gasteiger partial charge in [0.15, 0.2) is 0 Å². The molecule has 6 heteroatoms. The lowest BCUT2D eigenvalue weighted by Crippen LogP contribution is -2.32. The third-order valence-corrected chi connectivity index (χ3v) is 3.49. The van der Waals surface area contributed by atoms with Crippen molar-refractivity contribution in [1.29, 1.82) is 0 Å². The predicted octanol–water partition coefficient (Wildman–Crippen LogP) is 1.65. The Morgan fingerprint density at radius 1 is 1.47 bits per heavy atom. The van der Waals surface area contributed by atoms with Crippen molar-refractivity contribution in [1.82, 2.24) is 4.90 Å². The van der Waals surface area contributed by atoms with Crippen LogP contribution in [0.15, 0.2) is 24.3 Å². The minimum Gasteiger partial charge on any atom is -0.481 e. The number of hydrogen-bond donors (Lipinski definition) is 2. The molecule has 0 aromatic heterocycles. The van der Waals surface area contributed by atoms with Gasteiger partial charge in [0.25, 0.3) is 0 Å². The van der Waals surface area contributed by atoms with Crippen LogP contribution in [0, 0.1) is 11.7 Å². The van der Waals surface area contributed by atoms with E-state index < -0.39 is 5.97 Å². The fourth-order valence-electron chi connectivity index (χ4n) is 2.45. The van der Waals surface area contributed by atoms with Crippen molar-refractivity contribution < 1.29 is 14.3 Å². The van der Waals surface area contributed by atoms with Gasteiger partial charge < -0.3 is 10.8 Å². The zero-order valence-electron chi connectivity index (χ0n) is 10.5. The molecule has 0 aliphatic carbocycles. The molecule has 3 N–H and O–H groups in total. The molecule has 106 valence electrons. The van der Waals surface area contributed by atoms with E-state index in [0.717, 1.165) is 12.1 Å². The highest BCUT2D eigenvalue weighted by Crippen LogP contribution is 2.27. The number of benzene rings is 1. The van der Waals surface area contributed by atoms with E-state index in [9.17, 15) is 9.18 Å². The number of hydrogen-bond acceptors (Lipinski definition) is 3. The maximum Gasteiger partial charge on any atom is 0.307 e. The number of rotatable bonds is 4. The van der Waals surface area contributed by atoms with E-state index in [1.807, 2.05) is 0 Å². The van der Waals surface area contributed by atoms with E-state index >= 15 is 0 Å². The Bertz CT molecular complexity index is 427. The Morgan fingerprint density at radius 3 is 2.58 bits per heavy atom. The molecule has 1 fully saturated rings. The van der Waals surface area contributed by atoms with Crippen molar-refractivity contribution in [3.63, 3.8) is 0 Å². The van der Waals surface area contributed by atoms with Crippen molar-refractivity contribution in [2.75, 3.05) is 19.6 Å². The molecular formula is C13H18ClFN2O2. The molecule has 2 unspecified atom stereocenters. The minimum atomic E-state index is -0.757. The van der Waals surface area contributed by atoms with Gasteiger partial charge in [-0.2, -0.15) is 0 Å². The summed E-state index contributed by atoms with van der Waals surface area (Å²) in [6.07, 6.45) is 0.646. The Balaban J connectivity index is 0.00000180. The van der Waals surface area contributed by atoms with Crippen LogP contribution in [-0.4, -0.2) is 35.6 Å². The maximum atomic E-state index is 12.9. The lowest BCUT2D eigenvalue weighted by molar-refractivity contribution is -0.141. The van der Waals surface area contributed by atoms with E-state index in [1.165, 1.54) is 12.1 Å². The Kier molecular flexibility index (Phi) is 5.72. The number of carboxylic acids is 1. The third-order valence-electron chi connectivity index (χ3n) is 3.49. The highest BCUT2D eigenvalue weighted by atomic mass is 35.5. The van der Waals surface area contributed by atoms with Crippen LogP contribution in [0.3, 0.4) is 0 Å². The molecule has 1 aromatic carbocycles. The number of halogens is 2. The van der Waals surface area contributed by atoms with Gasteiger partial charge in [-0.05, 0) is 30.7 Å². The molecule has 0 saturated carbocycles. The Hall–Kier alpha value is -1.17. The van der Waals surface area contributed by atoms with Crippen molar-refractivity contribution in [3.8, 4) is 0 Å². The molecule has 19 heavy (non-hydrogen) atoms. The summed E-state index contributed by atoms with van der Waals surface area (Å²) < 4.78 is 12.9. The molecule has 1 aromatic rings. The van der Waals surface area contributed by atoms with Gasteiger partial charge in [-0.3, -0.25) is 9.69 Å². The van der Waals surface area contributed by atoms with Gasteiger partial charge in [-0.1, -0.05) is 12.1 Å². The van der Waals surface area contributed by atoms with Gasteiger partial charge in [0.2, 0.25) is 0 Å². The SMILES string of the molecule is Cl.NCC(c1ccc(F)cc1)N1CCC(C(=O)O)C1. The number of carbonyl (C=O) groups is 1. The summed E-state index contributed by atoms with van der Waals surface area (Å²) in [7, 11) is 0. The van der Waals surface area contributed by atoms with E-state index in [4.69, 9.17) is 10.8 Å². The van der Waals surface area contributed by atoms with Crippen LogP contribution in [-0.2, 0) is 4.79 Å². The van der Waals surface area contributed by atoms with Crippen molar-refractivity contribution in [2.24, 2.45) is 11.7 Å². The first-order valence-electron chi connectivity index (χ1n) is 6.04. The predicted molar refractivity (Wildman–Crippen MR) is 72.8 cm³/mol. The first kappa shape index (κ1) is 15.9. The normalized spacial score (nSPS) is 20.8. The molecule has 0 bridgehead atoms. The Morgan fingerprint density at radius 2 is 2.11 bits per heavy atom. The number of likely N-dealkylation sites (tertiary alicyclic amines) is 1. The molecule has 1 saturated heterocycles. The van der Waals surface area contributed by atoms with Crippen molar-refractivity contribution in [3.05, 3.63) is 35.6 Å². The fourth-order valence-corrected chi connectivity index (χ4v) is 2.45. The van der Waals surface area contributed by atoms with Crippen LogP contribution in [0.4, 0.5) is 4.39 Å². The van der Waals surface area contributed by atoms with Crippen LogP contribution < -0.4 is 5.73 Å². The quantitative estimate of drug-likeness (QED) is 0.884. The topological polar surface area (TPSA) is 66.6 Å². The molecule has 0 radical (unpaired) electrons. The van der Waals surface area contributed by atoms with Crippen LogP contribution in [0.1, 0.15) is 18.0 Å². The fraction of sp³-hybridized carbons (Fsp3) is 0.462. The summed E-state index contributed by atoms with van der Waals surface area (Å²) in [4.78, 5) is 13.0. The zero-order valence-corrected chi connectivity index (χ0v) is 11.3. The zero-order chi connectivity index (χ0) is 13.1. The van der Waals surface area contributed by atoms with Crippen LogP contribution >= 0.6 is 12.4 Å². The van der Waals surface area contributed by atoms with Crippen LogP contribution in [0.25, 0.3) is 0 Å². The number of nitrogens with zero attached hydrogens (tertiary/aromatic N) is 1. The second-order valence-electron chi connectivity index (χ2n) is 4.62. The molecular weight excluding hydrogens is 271 g/mol. The summed E-state index contributed by atoms with van der Waals surface area (Å²) in [6.45, 7) is 1.63. The second kappa shape index (κ2) is 6.84. The van der Waals surface area contributed by atoms with Gasteiger partial charge in [-0.25, -0.2) is 4.39 Å². The van der Waals surface area contributed by atoms with Gasteiger partial charge in [-0.15, -0.1) is 12.4 Å².